The van der Waals surface area contributed by atoms with E-state index < -0.39 is 16.1 Å². The van der Waals surface area contributed by atoms with Crippen LogP contribution >= 0.6 is 0 Å². The first-order chi connectivity index (χ1) is 11.9. The van der Waals surface area contributed by atoms with Crippen LogP contribution in [0.3, 0.4) is 0 Å². The third-order valence-corrected chi connectivity index (χ3v) is 5.36. The zero-order valence-corrected chi connectivity index (χ0v) is 15.0. The van der Waals surface area contributed by atoms with Crippen LogP contribution in [0.4, 0.5) is 4.79 Å². The van der Waals surface area contributed by atoms with Gasteiger partial charge in [-0.3, -0.25) is 0 Å². The Morgan fingerprint density at radius 1 is 1.08 bits per heavy atom. The average Bonchev–Trinajstić information content (AvgIpc) is 2.65. The van der Waals surface area contributed by atoms with Gasteiger partial charge in [0.15, 0.2) is 0 Å². The Hall–Kier alpha value is -2.74. The van der Waals surface area contributed by atoms with Crippen molar-refractivity contribution in [2.75, 3.05) is 21.3 Å². The van der Waals surface area contributed by atoms with Crippen LogP contribution in [-0.4, -0.2) is 40.0 Å². The van der Waals surface area contributed by atoms with Gasteiger partial charge in [-0.1, -0.05) is 18.2 Å². The second-order valence-electron chi connectivity index (χ2n) is 5.12. The lowest BCUT2D eigenvalue weighted by molar-refractivity contribution is 0.227. The van der Waals surface area contributed by atoms with Crippen molar-refractivity contribution >= 4 is 16.1 Å². The predicted octanol–water partition coefficient (Wildman–Crippen LogP) is 2.23. The number of rotatable bonds is 6. The first-order valence-electron chi connectivity index (χ1n) is 7.43. The summed E-state index contributed by atoms with van der Waals surface area (Å²) in [4.78, 5) is 12.3. The number of sulfonamides is 1. The summed E-state index contributed by atoms with van der Waals surface area (Å²) in [6, 6.07) is 12.2. The van der Waals surface area contributed by atoms with Gasteiger partial charge >= 0.3 is 6.03 Å². The first-order valence-corrected chi connectivity index (χ1v) is 8.87. The molecule has 0 bridgehead atoms. The van der Waals surface area contributed by atoms with Crippen LogP contribution < -0.4 is 14.8 Å². The number of hydrogen-bond acceptors (Lipinski definition) is 5. The van der Waals surface area contributed by atoms with Crippen LogP contribution in [0, 0.1) is 0 Å². The number of hydrogen-bond donors (Lipinski definition) is 1. The number of carbonyl (C=O) groups is 1. The van der Waals surface area contributed by atoms with E-state index in [1.54, 1.807) is 36.4 Å². The minimum absolute atomic E-state index is 0.0478. The van der Waals surface area contributed by atoms with Gasteiger partial charge in [0, 0.05) is 19.2 Å². The number of nitrogens with zero attached hydrogens (tertiary/aromatic N) is 1. The molecule has 1 N–H and O–H groups in total. The number of benzene rings is 2. The molecule has 0 radical (unpaired) electrons. The molecule has 2 aromatic carbocycles. The van der Waals surface area contributed by atoms with Crippen molar-refractivity contribution in [2.24, 2.45) is 0 Å². The SMILES string of the molecule is COc1ccc(OC)c(CNC(=O)N(C)S(=O)(=O)c2ccccc2)c1. The molecule has 0 aliphatic heterocycles. The summed E-state index contributed by atoms with van der Waals surface area (Å²) in [6.45, 7) is 0.0911. The van der Waals surface area contributed by atoms with Crippen molar-refractivity contribution in [3.63, 3.8) is 0 Å². The van der Waals surface area contributed by atoms with Gasteiger partial charge in [0.05, 0.1) is 19.1 Å². The molecular formula is C17H20N2O5S. The lowest BCUT2D eigenvalue weighted by Crippen LogP contribution is -2.40. The van der Waals surface area contributed by atoms with Crippen molar-refractivity contribution in [1.29, 1.82) is 0 Å². The van der Waals surface area contributed by atoms with Gasteiger partial charge in [-0.05, 0) is 30.3 Å². The maximum Gasteiger partial charge on any atom is 0.331 e. The van der Waals surface area contributed by atoms with Crippen LogP contribution in [0.15, 0.2) is 53.4 Å². The molecule has 7 nitrogen and oxygen atoms in total. The Labute approximate surface area is 147 Å². The number of ether oxygens (including phenoxy) is 2. The summed E-state index contributed by atoms with van der Waals surface area (Å²) < 4.78 is 35.9. The Morgan fingerprint density at radius 3 is 2.36 bits per heavy atom. The van der Waals surface area contributed by atoms with E-state index in [1.165, 1.54) is 33.4 Å². The second kappa shape index (κ2) is 7.89. The molecule has 25 heavy (non-hydrogen) atoms. The van der Waals surface area contributed by atoms with Crippen molar-refractivity contribution in [2.45, 2.75) is 11.4 Å². The van der Waals surface area contributed by atoms with E-state index in [0.717, 1.165) is 0 Å². The third kappa shape index (κ3) is 4.21. The number of amides is 2. The van der Waals surface area contributed by atoms with Gasteiger partial charge in [0.25, 0.3) is 10.0 Å². The maximum absolute atomic E-state index is 12.4. The van der Waals surface area contributed by atoms with E-state index in [1.807, 2.05) is 0 Å². The molecule has 0 heterocycles. The molecule has 8 heteroatoms. The smallest absolute Gasteiger partial charge is 0.331 e. The zero-order valence-electron chi connectivity index (χ0n) is 14.2. The Bertz CT molecular complexity index is 837. The molecule has 0 saturated carbocycles. The molecule has 0 fully saturated rings. The quantitative estimate of drug-likeness (QED) is 0.850. The average molecular weight is 364 g/mol. The van der Waals surface area contributed by atoms with Crippen LogP contribution in [-0.2, 0) is 16.6 Å². The molecular weight excluding hydrogens is 344 g/mol. The Morgan fingerprint density at radius 2 is 1.76 bits per heavy atom. The highest BCUT2D eigenvalue weighted by Crippen LogP contribution is 2.24. The van der Waals surface area contributed by atoms with Crippen LogP contribution in [0.1, 0.15) is 5.56 Å². The fourth-order valence-electron chi connectivity index (χ4n) is 2.16. The van der Waals surface area contributed by atoms with E-state index in [-0.39, 0.29) is 11.4 Å². The van der Waals surface area contributed by atoms with E-state index in [2.05, 4.69) is 5.32 Å². The predicted molar refractivity (Wildman–Crippen MR) is 93.2 cm³/mol. The summed E-state index contributed by atoms with van der Waals surface area (Å²) in [5.74, 6) is 1.17. The first kappa shape index (κ1) is 18.6. The fourth-order valence-corrected chi connectivity index (χ4v) is 3.26. The second-order valence-corrected chi connectivity index (χ2v) is 7.09. The highest BCUT2D eigenvalue weighted by molar-refractivity contribution is 7.89. The van der Waals surface area contributed by atoms with Gasteiger partial charge in [-0.15, -0.1) is 0 Å². The summed E-state index contributed by atoms with van der Waals surface area (Å²) in [7, 11) is 0.348. The van der Waals surface area contributed by atoms with E-state index >= 15 is 0 Å². The number of methoxy groups -OCH3 is 2. The molecule has 2 aromatic rings. The summed E-state index contributed by atoms with van der Waals surface area (Å²) in [6.07, 6.45) is 0. The molecule has 134 valence electrons. The molecule has 0 aliphatic rings. The number of urea groups is 1. The number of nitrogens with one attached hydrogen (secondary N) is 1. The van der Waals surface area contributed by atoms with Crippen molar-refractivity contribution in [1.82, 2.24) is 9.62 Å². The largest absolute Gasteiger partial charge is 0.497 e. The van der Waals surface area contributed by atoms with Gasteiger partial charge < -0.3 is 14.8 Å². The van der Waals surface area contributed by atoms with Crippen molar-refractivity contribution in [3.05, 3.63) is 54.1 Å². The Balaban J connectivity index is 2.12. The minimum atomic E-state index is -3.91. The normalized spacial score (nSPS) is 10.8. The molecule has 0 aliphatic carbocycles. The highest BCUT2D eigenvalue weighted by Gasteiger charge is 2.25. The topological polar surface area (TPSA) is 84.9 Å². The van der Waals surface area contributed by atoms with E-state index in [9.17, 15) is 13.2 Å². The standard InChI is InChI=1S/C17H20N2O5S/c1-19(25(21,22)15-7-5-4-6-8-15)17(20)18-12-13-11-14(23-2)9-10-16(13)24-3/h4-11H,12H2,1-3H3,(H,18,20). The summed E-state index contributed by atoms with van der Waals surface area (Å²) in [5, 5.41) is 2.57. The van der Waals surface area contributed by atoms with Gasteiger partial charge in [0.1, 0.15) is 11.5 Å². The number of carbonyl (C=O) groups excluding carboxylic acids is 1. The van der Waals surface area contributed by atoms with E-state index in [4.69, 9.17) is 9.47 Å². The van der Waals surface area contributed by atoms with Gasteiger partial charge in [-0.2, -0.15) is 0 Å². The van der Waals surface area contributed by atoms with Crippen molar-refractivity contribution < 1.29 is 22.7 Å². The molecule has 0 unspecified atom stereocenters. The zero-order chi connectivity index (χ0) is 18.4. The minimum Gasteiger partial charge on any atom is -0.497 e. The van der Waals surface area contributed by atoms with Crippen LogP contribution in [0.2, 0.25) is 0 Å². The lowest BCUT2D eigenvalue weighted by atomic mass is 10.2. The Kier molecular flexibility index (Phi) is 5.87. The highest BCUT2D eigenvalue weighted by atomic mass is 32.2. The molecule has 2 amide bonds. The summed E-state index contributed by atoms with van der Waals surface area (Å²) >= 11 is 0. The molecule has 0 spiro atoms. The summed E-state index contributed by atoms with van der Waals surface area (Å²) in [5.41, 5.74) is 0.667. The van der Waals surface area contributed by atoms with Crippen LogP contribution in [0.25, 0.3) is 0 Å². The van der Waals surface area contributed by atoms with Crippen LogP contribution in [0.5, 0.6) is 11.5 Å². The molecule has 0 atom stereocenters. The maximum atomic E-state index is 12.4. The lowest BCUT2D eigenvalue weighted by Gasteiger charge is -2.19. The van der Waals surface area contributed by atoms with Gasteiger partial charge in [-0.25, -0.2) is 17.5 Å². The monoisotopic (exact) mass is 364 g/mol. The fraction of sp³-hybridized carbons (Fsp3) is 0.235. The van der Waals surface area contributed by atoms with Crippen molar-refractivity contribution in [3.8, 4) is 11.5 Å². The van der Waals surface area contributed by atoms with E-state index in [0.29, 0.717) is 21.4 Å². The molecule has 0 aromatic heterocycles. The third-order valence-electron chi connectivity index (χ3n) is 3.61. The van der Waals surface area contributed by atoms with Gasteiger partial charge in [0.2, 0.25) is 0 Å². The molecule has 0 saturated heterocycles. The molecule has 2 rings (SSSR count).